The van der Waals surface area contributed by atoms with Crippen molar-refractivity contribution in [1.82, 2.24) is 9.80 Å². The van der Waals surface area contributed by atoms with Gasteiger partial charge >= 0.3 is 6.09 Å². The van der Waals surface area contributed by atoms with E-state index in [-0.39, 0.29) is 17.6 Å². The number of hydrogen-bond donors (Lipinski definition) is 1. The van der Waals surface area contributed by atoms with Gasteiger partial charge in [-0.3, -0.25) is 4.90 Å². The van der Waals surface area contributed by atoms with Crippen molar-refractivity contribution >= 4 is 22.0 Å². The Labute approximate surface area is 190 Å². The van der Waals surface area contributed by atoms with Gasteiger partial charge in [0.15, 0.2) is 0 Å². The minimum absolute atomic E-state index is 0.0316. The fourth-order valence-corrected chi connectivity index (χ4v) is 4.35. The molecule has 30 heavy (non-hydrogen) atoms. The van der Waals surface area contributed by atoms with E-state index in [0.717, 1.165) is 48.8 Å². The van der Waals surface area contributed by atoms with Crippen LogP contribution in [0.1, 0.15) is 72.0 Å². The van der Waals surface area contributed by atoms with Gasteiger partial charge in [-0.05, 0) is 90.1 Å². The van der Waals surface area contributed by atoms with Crippen molar-refractivity contribution in [3.63, 3.8) is 0 Å². The van der Waals surface area contributed by atoms with Gasteiger partial charge in [-0.1, -0.05) is 35.0 Å². The average molecular weight is 483 g/mol. The number of carbonyl (C=O) groups is 1. The van der Waals surface area contributed by atoms with Crippen LogP contribution in [-0.4, -0.2) is 58.8 Å². The Bertz CT molecular complexity index is 681. The quantitative estimate of drug-likeness (QED) is 0.547. The summed E-state index contributed by atoms with van der Waals surface area (Å²) in [5.41, 5.74) is 0.551. The average Bonchev–Trinajstić information content (AvgIpc) is 2.70. The van der Waals surface area contributed by atoms with E-state index in [1.807, 2.05) is 52.1 Å². The SMILES string of the molecule is CCC(C)(CCN(C)C(=O)OC(C)(C)C)N1CCC(C(O)c2ccc(Br)cc2)CC1. The Morgan fingerprint density at radius 1 is 1.23 bits per heavy atom. The maximum atomic E-state index is 12.3. The first kappa shape index (κ1) is 25.2. The monoisotopic (exact) mass is 482 g/mol. The molecule has 2 unspecified atom stereocenters. The largest absolute Gasteiger partial charge is 0.444 e. The highest BCUT2D eigenvalue weighted by molar-refractivity contribution is 9.10. The summed E-state index contributed by atoms with van der Waals surface area (Å²) in [4.78, 5) is 16.5. The second-order valence-electron chi connectivity index (χ2n) is 9.82. The molecule has 1 aliphatic heterocycles. The lowest BCUT2D eigenvalue weighted by Gasteiger charge is -2.46. The van der Waals surface area contributed by atoms with Crippen LogP contribution in [0.3, 0.4) is 0 Å². The van der Waals surface area contributed by atoms with E-state index >= 15 is 0 Å². The first-order valence-electron chi connectivity index (χ1n) is 11.1. The molecule has 0 bridgehead atoms. The third kappa shape index (κ3) is 6.96. The number of rotatable bonds is 7. The van der Waals surface area contributed by atoms with Crippen molar-refractivity contribution in [1.29, 1.82) is 0 Å². The van der Waals surface area contributed by atoms with Gasteiger partial charge in [-0.2, -0.15) is 0 Å². The van der Waals surface area contributed by atoms with Gasteiger partial charge in [0.1, 0.15) is 5.60 Å². The number of benzene rings is 1. The molecule has 0 saturated carbocycles. The summed E-state index contributed by atoms with van der Waals surface area (Å²) in [5.74, 6) is 0.285. The molecule has 0 spiro atoms. The van der Waals surface area contributed by atoms with E-state index in [0.29, 0.717) is 6.54 Å². The summed E-state index contributed by atoms with van der Waals surface area (Å²) >= 11 is 3.46. The van der Waals surface area contributed by atoms with Crippen molar-refractivity contribution in [2.24, 2.45) is 5.92 Å². The number of nitrogens with zero attached hydrogens (tertiary/aromatic N) is 2. The Morgan fingerprint density at radius 3 is 2.30 bits per heavy atom. The number of amides is 1. The Hall–Kier alpha value is -1.11. The van der Waals surface area contributed by atoms with E-state index in [2.05, 4.69) is 34.7 Å². The van der Waals surface area contributed by atoms with Crippen LogP contribution in [0.25, 0.3) is 0 Å². The van der Waals surface area contributed by atoms with E-state index in [9.17, 15) is 9.90 Å². The molecule has 1 heterocycles. The fraction of sp³-hybridized carbons (Fsp3) is 0.708. The van der Waals surface area contributed by atoms with Crippen LogP contribution >= 0.6 is 15.9 Å². The number of aliphatic hydroxyl groups is 1. The van der Waals surface area contributed by atoms with Gasteiger partial charge < -0.3 is 14.7 Å². The second-order valence-corrected chi connectivity index (χ2v) is 10.7. The Morgan fingerprint density at radius 2 is 1.80 bits per heavy atom. The normalized spacial score (nSPS) is 19.2. The third-order valence-corrected chi connectivity index (χ3v) is 6.94. The zero-order valence-electron chi connectivity index (χ0n) is 19.4. The zero-order valence-corrected chi connectivity index (χ0v) is 21.0. The molecule has 0 radical (unpaired) electrons. The first-order valence-corrected chi connectivity index (χ1v) is 11.9. The maximum Gasteiger partial charge on any atom is 0.410 e. The van der Waals surface area contributed by atoms with E-state index in [1.165, 1.54) is 0 Å². The third-order valence-electron chi connectivity index (χ3n) is 6.41. The number of hydrogen-bond acceptors (Lipinski definition) is 4. The van der Waals surface area contributed by atoms with Gasteiger partial charge in [0, 0.05) is 23.6 Å². The second kappa shape index (κ2) is 10.5. The lowest BCUT2D eigenvalue weighted by atomic mass is 9.83. The molecule has 0 aromatic heterocycles. The number of carbonyl (C=O) groups excluding carboxylic acids is 1. The molecule has 170 valence electrons. The molecule has 0 aliphatic carbocycles. The van der Waals surface area contributed by atoms with Crippen molar-refractivity contribution in [2.75, 3.05) is 26.7 Å². The minimum atomic E-state index is -0.475. The highest BCUT2D eigenvalue weighted by Gasteiger charge is 2.35. The van der Waals surface area contributed by atoms with Crippen LogP contribution in [0, 0.1) is 5.92 Å². The molecular weight excluding hydrogens is 444 g/mol. The number of aliphatic hydroxyl groups excluding tert-OH is 1. The molecule has 1 aromatic carbocycles. The van der Waals surface area contributed by atoms with Crippen molar-refractivity contribution in [3.8, 4) is 0 Å². The van der Waals surface area contributed by atoms with Crippen LogP contribution in [0.5, 0.6) is 0 Å². The zero-order chi connectivity index (χ0) is 22.5. The summed E-state index contributed by atoms with van der Waals surface area (Å²) in [6, 6.07) is 7.99. The van der Waals surface area contributed by atoms with Gasteiger partial charge in [0.2, 0.25) is 0 Å². The predicted molar refractivity (Wildman–Crippen MR) is 126 cm³/mol. The molecule has 2 rings (SSSR count). The fourth-order valence-electron chi connectivity index (χ4n) is 4.09. The number of piperidine rings is 1. The van der Waals surface area contributed by atoms with Crippen LogP contribution in [0.15, 0.2) is 28.7 Å². The summed E-state index contributed by atoms with van der Waals surface area (Å²) < 4.78 is 6.51. The lowest BCUT2D eigenvalue weighted by molar-refractivity contribution is 0.00293. The van der Waals surface area contributed by atoms with Crippen molar-refractivity contribution < 1.29 is 14.6 Å². The molecule has 5 nitrogen and oxygen atoms in total. The molecule has 1 amide bonds. The smallest absolute Gasteiger partial charge is 0.410 e. The minimum Gasteiger partial charge on any atom is -0.444 e. The molecule has 1 aliphatic rings. The molecule has 6 heteroatoms. The topological polar surface area (TPSA) is 53.0 Å². The molecule has 2 atom stereocenters. The molecule has 1 N–H and O–H groups in total. The van der Waals surface area contributed by atoms with Gasteiger partial charge in [-0.15, -0.1) is 0 Å². The predicted octanol–water partition coefficient (Wildman–Crippen LogP) is 5.62. The van der Waals surface area contributed by atoms with Gasteiger partial charge in [0.05, 0.1) is 6.10 Å². The van der Waals surface area contributed by atoms with Crippen molar-refractivity contribution in [3.05, 3.63) is 34.3 Å². The first-order chi connectivity index (χ1) is 13.9. The van der Waals surface area contributed by atoms with E-state index < -0.39 is 11.7 Å². The van der Waals surface area contributed by atoms with Crippen molar-refractivity contribution in [2.45, 2.75) is 77.5 Å². The number of likely N-dealkylation sites (tertiary alicyclic amines) is 1. The molecule has 1 aromatic rings. The molecule has 1 fully saturated rings. The summed E-state index contributed by atoms with van der Waals surface area (Å²) in [6.45, 7) is 12.8. The summed E-state index contributed by atoms with van der Waals surface area (Å²) in [5, 5.41) is 10.8. The van der Waals surface area contributed by atoms with Crippen LogP contribution in [0.2, 0.25) is 0 Å². The lowest BCUT2D eigenvalue weighted by Crippen LogP contribution is -2.51. The number of ether oxygens (including phenoxy) is 1. The van der Waals surface area contributed by atoms with Crippen LogP contribution in [0.4, 0.5) is 4.79 Å². The highest BCUT2D eigenvalue weighted by Crippen LogP contribution is 2.35. The van der Waals surface area contributed by atoms with E-state index in [1.54, 1.807) is 4.90 Å². The van der Waals surface area contributed by atoms with Gasteiger partial charge in [0.25, 0.3) is 0 Å². The summed E-state index contributed by atoms with van der Waals surface area (Å²) in [6.07, 6.45) is 3.21. The van der Waals surface area contributed by atoms with Gasteiger partial charge in [-0.25, -0.2) is 4.79 Å². The van der Waals surface area contributed by atoms with Crippen LogP contribution in [-0.2, 0) is 4.74 Å². The maximum absolute atomic E-state index is 12.3. The molecular formula is C24H39BrN2O3. The molecule has 1 saturated heterocycles. The van der Waals surface area contributed by atoms with Crippen LogP contribution < -0.4 is 0 Å². The summed E-state index contributed by atoms with van der Waals surface area (Å²) in [7, 11) is 1.81. The van der Waals surface area contributed by atoms with E-state index in [4.69, 9.17) is 4.74 Å². The highest BCUT2D eigenvalue weighted by atomic mass is 79.9. The standard InChI is InChI=1S/C24H39BrN2O3/c1-7-24(5,14-17-26(6)22(29)30-23(2,3)4)27-15-12-19(13-16-27)21(28)18-8-10-20(25)11-9-18/h8-11,19,21,28H,7,12-17H2,1-6H3. The number of halogens is 1. The Balaban J connectivity index is 1.90. The Kier molecular flexibility index (Phi) is 8.78.